The molecule has 0 aromatic rings. The molecule has 0 saturated heterocycles. The summed E-state index contributed by atoms with van der Waals surface area (Å²) in [6, 6.07) is 0. The standard InChI is InChI=1S/C21H39NO4/c1-6-10-11-18(9-4)13-15-19(14-12-17(7-2)8-3)26-21(24)20(22-25)16(5)23/h17-19,23H,6-15H2,1-5H3/t18-,19-/m1/s1. The van der Waals surface area contributed by atoms with Gasteiger partial charge in [-0.25, -0.2) is 4.79 Å². The van der Waals surface area contributed by atoms with E-state index in [2.05, 4.69) is 32.9 Å². The number of hydrogen-bond acceptors (Lipinski definition) is 5. The van der Waals surface area contributed by atoms with Gasteiger partial charge in [-0.05, 0) is 49.6 Å². The van der Waals surface area contributed by atoms with Crippen LogP contribution >= 0.6 is 0 Å². The summed E-state index contributed by atoms with van der Waals surface area (Å²) in [7, 11) is 0. The van der Waals surface area contributed by atoms with E-state index in [1.54, 1.807) is 0 Å². The summed E-state index contributed by atoms with van der Waals surface area (Å²) >= 11 is 0. The van der Waals surface area contributed by atoms with Crippen LogP contribution in [0.5, 0.6) is 0 Å². The second-order valence-electron chi connectivity index (χ2n) is 7.31. The fraction of sp³-hybridized carbons (Fsp3) is 0.857. The Morgan fingerprint density at radius 1 is 0.923 bits per heavy atom. The van der Waals surface area contributed by atoms with Gasteiger partial charge in [-0.15, -0.1) is 4.91 Å². The summed E-state index contributed by atoms with van der Waals surface area (Å²) in [6.45, 7) is 10.0. The molecule has 0 aliphatic rings. The highest BCUT2D eigenvalue weighted by atomic mass is 16.5. The Labute approximate surface area is 159 Å². The van der Waals surface area contributed by atoms with Crippen molar-refractivity contribution < 1.29 is 14.6 Å². The fourth-order valence-electron chi connectivity index (χ4n) is 3.31. The highest BCUT2D eigenvalue weighted by Crippen LogP contribution is 2.25. The summed E-state index contributed by atoms with van der Waals surface area (Å²) in [5.74, 6) is 0.0643. The first-order chi connectivity index (χ1) is 12.4. The number of esters is 1. The van der Waals surface area contributed by atoms with E-state index in [0.717, 1.165) is 44.9 Å². The molecular formula is C21H39NO4. The monoisotopic (exact) mass is 369 g/mol. The number of carbonyl (C=O) groups is 1. The van der Waals surface area contributed by atoms with Gasteiger partial charge in [0.2, 0.25) is 5.70 Å². The van der Waals surface area contributed by atoms with Crippen LogP contribution in [0.3, 0.4) is 0 Å². The third kappa shape index (κ3) is 9.93. The third-order valence-electron chi connectivity index (χ3n) is 5.39. The Hall–Kier alpha value is -1.39. The largest absolute Gasteiger partial charge is 0.510 e. The van der Waals surface area contributed by atoms with Gasteiger partial charge >= 0.3 is 5.97 Å². The molecule has 0 aliphatic carbocycles. The van der Waals surface area contributed by atoms with Crippen LogP contribution in [0.1, 0.15) is 98.8 Å². The van der Waals surface area contributed by atoms with Crippen molar-refractivity contribution in [2.45, 2.75) is 105 Å². The molecule has 0 saturated carbocycles. The van der Waals surface area contributed by atoms with Crippen LogP contribution in [0.2, 0.25) is 0 Å². The average molecular weight is 370 g/mol. The number of aliphatic hydroxyl groups is 1. The summed E-state index contributed by atoms with van der Waals surface area (Å²) < 4.78 is 5.55. The van der Waals surface area contributed by atoms with Gasteiger partial charge in [0, 0.05) is 0 Å². The molecule has 2 atom stereocenters. The number of carbonyl (C=O) groups excluding carboxylic acids is 1. The van der Waals surface area contributed by atoms with E-state index >= 15 is 0 Å². The van der Waals surface area contributed by atoms with Crippen molar-refractivity contribution in [1.29, 1.82) is 0 Å². The quantitative estimate of drug-likeness (QED) is 0.151. The fourth-order valence-corrected chi connectivity index (χ4v) is 3.31. The van der Waals surface area contributed by atoms with E-state index in [1.807, 2.05) is 0 Å². The maximum atomic E-state index is 12.2. The predicted octanol–water partition coefficient (Wildman–Crippen LogP) is 6.67. The molecule has 1 N–H and O–H groups in total. The van der Waals surface area contributed by atoms with Gasteiger partial charge < -0.3 is 9.84 Å². The van der Waals surface area contributed by atoms with Crippen molar-refractivity contribution in [2.75, 3.05) is 0 Å². The van der Waals surface area contributed by atoms with Crippen LogP contribution in [0.15, 0.2) is 16.6 Å². The maximum Gasteiger partial charge on any atom is 0.364 e. The molecule has 0 aliphatic heterocycles. The number of allylic oxidation sites excluding steroid dienone is 1. The van der Waals surface area contributed by atoms with Gasteiger partial charge in [-0.2, -0.15) is 0 Å². The van der Waals surface area contributed by atoms with E-state index < -0.39 is 17.4 Å². The van der Waals surface area contributed by atoms with Gasteiger partial charge in [-0.3, -0.25) is 0 Å². The van der Waals surface area contributed by atoms with Crippen LogP contribution in [-0.4, -0.2) is 17.2 Å². The highest BCUT2D eigenvalue weighted by molar-refractivity contribution is 5.88. The van der Waals surface area contributed by atoms with Crippen molar-refractivity contribution in [3.63, 3.8) is 0 Å². The van der Waals surface area contributed by atoms with E-state index in [4.69, 9.17) is 4.74 Å². The van der Waals surface area contributed by atoms with Crippen molar-refractivity contribution >= 4 is 5.97 Å². The second kappa shape index (κ2) is 14.7. The number of aliphatic hydroxyl groups excluding tert-OH is 1. The summed E-state index contributed by atoms with van der Waals surface area (Å²) in [6.07, 6.45) is 10.4. The molecule has 5 nitrogen and oxygen atoms in total. The van der Waals surface area contributed by atoms with E-state index in [1.165, 1.54) is 26.2 Å². The lowest BCUT2D eigenvalue weighted by molar-refractivity contribution is -0.145. The first kappa shape index (κ1) is 24.6. The number of nitroso groups, excluding NO2 is 1. The smallest absolute Gasteiger partial charge is 0.364 e. The Bertz CT molecular complexity index is 426. The molecule has 0 radical (unpaired) electrons. The summed E-state index contributed by atoms with van der Waals surface area (Å²) in [5.41, 5.74) is -0.518. The van der Waals surface area contributed by atoms with Gasteiger partial charge in [0.25, 0.3) is 0 Å². The maximum absolute atomic E-state index is 12.2. The zero-order chi connectivity index (χ0) is 19.9. The van der Waals surface area contributed by atoms with Crippen molar-refractivity contribution in [1.82, 2.24) is 0 Å². The molecule has 0 heterocycles. The molecule has 152 valence electrons. The molecule has 0 rings (SSSR count). The lowest BCUT2D eigenvalue weighted by atomic mass is 9.90. The van der Waals surface area contributed by atoms with Crippen molar-refractivity contribution in [3.05, 3.63) is 16.4 Å². The zero-order valence-electron chi connectivity index (χ0n) is 17.4. The van der Waals surface area contributed by atoms with E-state index in [0.29, 0.717) is 11.8 Å². The van der Waals surface area contributed by atoms with Crippen LogP contribution < -0.4 is 0 Å². The van der Waals surface area contributed by atoms with Crippen molar-refractivity contribution in [2.24, 2.45) is 17.0 Å². The number of hydrogen-bond donors (Lipinski definition) is 1. The first-order valence-corrected chi connectivity index (χ1v) is 10.4. The lowest BCUT2D eigenvalue weighted by Crippen LogP contribution is -2.22. The molecule has 0 bridgehead atoms. The lowest BCUT2D eigenvalue weighted by Gasteiger charge is -2.23. The Morgan fingerprint density at radius 2 is 1.46 bits per heavy atom. The minimum absolute atomic E-state index is 0.227. The highest BCUT2D eigenvalue weighted by Gasteiger charge is 2.22. The minimum Gasteiger partial charge on any atom is -0.510 e. The Morgan fingerprint density at radius 3 is 1.88 bits per heavy atom. The van der Waals surface area contributed by atoms with Crippen LogP contribution in [0.4, 0.5) is 0 Å². The minimum atomic E-state index is -0.809. The molecule has 0 unspecified atom stereocenters. The van der Waals surface area contributed by atoms with E-state index in [9.17, 15) is 14.8 Å². The van der Waals surface area contributed by atoms with Crippen LogP contribution in [-0.2, 0) is 9.53 Å². The molecule has 5 heteroatoms. The molecule has 0 spiro atoms. The van der Waals surface area contributed by atoms with Gasteiger partial charge in [0.05, 0.1) is 0 Å². The number of rotatable bonds is 15. The van der Waals surface area contributed by atoms with Crippen LogP contribution in [0, 0.1) is 16.7 Å². The van der Waals surface area contributed by atoms with Gasteiger partial charge in [0.15, 0.2) is 0 Å². The topological polar surface area (TPSA) is 76.0 Å². The number of unbranched alkanes of at least 4 members (excludes halogenated alkanes) is 1. The first-order valence-electron chi connectivity index (χ1n) is 10.4. The van der Waals surface area contributed by atoms with Crippen LogP contribution in [0.25, 0.3) is 0 Å². The molecule has 0 aromatic carbocycles. The van der Waals surface area contributed by atoms with Gasteiger partial charge in [0.1, 0.15) is 11.9 Å². The molecule has 0 aromatic heterocycles. The molecule has 26 heavy (non-hydrogen) atoms. The molecular weight excluding hydrogens is 330 g/mol. The number of ether oxygens (including phenoxy) is 1. The summed E-state index contributed by atoms with van der Waals surface area (Å²) in [5, 5.41) is 12.1. The molecule has 0 amide bonds. The third-order valence-corrected chi connectivity index (χ3v) is 5.39. The average Bonchev–Trinajstić information content (AvgIpc) is 2.62. The molecule has 0 fully saturated rings. The normalized spacial score (nSPS) is 14.7. The zero-order valence-corrected chi connectivity index (χ0v) is 17.4. The second-order valence-corrected chi connectivity index (χ2v) is 7.31. The number of nitrogens with zero attached hydrogens (tertiary/aromatic N) is 1. The Balaban J connectivity index is 4.90. The SMILES string of the molecule is CCCC[C@@H](CC)CC[C@@H](CCC(CC)CC)OC(=O)C(N=O)=C(C)O. The Kier molecular flexibility index (Phi) is 14.0. The van der Waals surface area contributed by atoms with Crippen molar-refractivity contribution in [3.8, 4) is 0 Å². The van der Waals surface area contributed by atoms with Gasteiger partial charge in [-0.1, -0.05) is 66.2 Å². The summed E-state index contributed by atoms with van der Waals surface area (Å²) in [4.78, 5) is 23.0. The van der Waals surface area contributed by atoms with E-state index in [-0.39, 0.29) is 6.10 Å². The predicted molar refractivity (Wildman–Crippen MR) is 107 cm³/mol.